The van der Waals surface area contributed by atoms with Crippen molar-refractivity contribution in [3.8, 4) is 5.75 Å². The molecular weight excluding hydrogens is 1680 g/mol. The van der Waals surface area contributed by atoms with Crippen LogP contribution in [0.5, 0.6) is 5.75 Å². The Morgan fingerprint density at radius 3 is 1.42 bits per heavy atom. The molecule has 3 rings (SSSR count). The van der Waals surface area contributed by atoms with E-state index >= 15 is 0 Å². The molecule has 15 amide bonds. The SMILES string of the molecule is CC[C@H](C)[C@H](NC(=O)[C@H](C)NC(=O)[C@H](CC(C)C)NC(=O)[C@H](Cc1ccc(O)cc1)NC(=O)[C@H](CC(C)C)NC(=O)[C@H](C)NC(=O)C1CSSC[C@H](N)C(=O)NC(CCCNC(=N)N)C(=O)NCC(=O)N[C@@H](CC(=O)O)C(=O)NC(Cc2ccccc2)C(=O)N1)C(=O)N[C@@H](CCCNC(=N)N)C(=O)N[C@@H](CCCNC(=N)N)C(=O)N[C@@H](CCCNC(=N)N)C(N)=O. The largest absolute Gasteiger partial charge is 0.508 e. The second-order valence-corrected chi connectivity index (χ2v) is 33.7. The summed E-state index contributed by atoms with van der Waals surface area (Å²) in [5.41, 5.74) is 34.6. The Morgan fingerprint density at radius 1 is 0.468 bits per heavy atom. The van der Waals surface area contributed by atoms with Crippen molar-refractivity contribution in [3.05, 3.63) is 65.7 Å². The number of nitrogens with one attached hydrogen (secondary N) is 22. The number of aliphatic carboxylic acids is 1. The lowest BCUT2D eigenvalue weighted by atomic mass is 9.97. The maximum atomic E-state index is 14.9. The third-order valence-corrected chi connectivity index (χ3v) is 21.8. The highest BCUT2D eigenvalue weighted by molar-refractivity contribution is 8.76. The van der Waals surface area contributed by atoms with E-state index in [4.69, 9.17) is 56.0 Å². The second-order valence-electron chi connectivity index (χ2n) is 31.1. The lowest BCUT2D eigenvalue weighted by Crippen LogP contribution is -2.61. The van der Waals surface area contributed by atoms with Crippen LogP contribution in [0.3, 0.4) is 0 Å². The molecule has 3 unspecified atom stereocenters. The Balaban J connectivity index is 1.99. The van der Waals surface area contributed by atoms with E-state index in [2.05, 4.69) is 95.7 Å². The number of phenolic OH excluding ortho intramolecular Hbond substituents is 1. The first-order valence-corrected chi connectivity index (χ1v) is 43.7. The Bertz CT molecular complexity index is 4060. The van der Waals surface area contributed by atoms with E-state index in [1.165, 1.54) is 38.1 Å². The van der Waals surface area contributed by atoms with Crippen LogP contribution in [0, 0.1) is 39.4 Å². The first kappa shape index (κ1) is 108. The molecule has 126 heavy (non-hydrogen) atoms. The average molecular weight is 1810 g/mol. The van der Waals surface area contributed by atoms with Crippen molar-refractivity contribution in [1.82, 2.24) is 95.7 Å². The molecule has 0 saturated carbocycles. The Labute approximate surface area is 738 Å². The van der Waals surface area contributed by atoms with Gasteiger partial charge in [0.15, 0.2) is 23.8 Å². The first-order chi connectivity index (χ1) is 59.4. The molecule has 0 aliphatic carbocycles. The number of hydrogen-bond donors (Lipinski definition) is 30. The van der Waals surface area contributed by atoms with Gasteiger partial charge in [-0.25, -0.2) is 0 Å². The number of phenols is 1. The zero-order chi connectivity index (χ0) is 94.4. The number of primary amides is 1. The summed E-state index contributed by atoms with van der Waals surface area (Å²) in [5.74, 6) is -19.0. The number of carbonyl (C=O) groups is 16. The minimum atomic E-state index is -1.86. The van der Waals surface area contributed by atoms with Gasteiger partial charge in [0.25, 0.3) is 0 Å². The minimum absolute atomic E-state index is 0.00854. The Morgan fingerprint density at radius 2 is 0.905 bits per heavy atom. The van der Waals surface area contributed by atoms with E-state index in [9.17, 15) is 86.9 Å². The van der Waals surface area contributed by atoms with Gasteiger partial charge in [0.05, 0.1) is 19.0 Å². The van der Waals surface area contributed by atoms with Gasteiger partial charge in [-0.3, -0.25) is 98.3 Å². The van der Waals surface area contributed by atoms with Crippen LogP contribution in [-0.2, 0) is 89.6 Å². The van der Waals surface area contributed by atoms with Crippen LogP contribution in [0.4, 0.5) is 0 Å². The normalized spacial score (nSPS) is 18.3. The quantitative estimate of drug-likeness (QED) is 0.0127. The maximum absolute atomic E-state index is 14.9. The summed E-state index contributed by atoms with van der Waals surface area (Å²) in [6.45, 7) is 12.4. The van der Waals surface area contributed by atoms with E-state index in [-0.39, 0.29) is 157 Å². The van der Waals surface area contributed by atoms with Crippen molar-refractivity contribution in [3.63, 3.8) is 0 Å². The fraction of sp³-hybridized carbons (Fsp3) is 0.590. The standard InChI is InChI=1S/C78H128N28O18S2/c1-9-41(6)60(74(124)100-51(22-16-30-92-78(87)88)67(117)99-50(21-15-29-91-77(85)86)66(116)97-48(61(80)111)19-13-27-89-75(81)82)106-63(113)43(8)94-68(118)52(31-39(2)3)102-70(120)55(34-45-23-25-46(107)26-24-45)103-69(119)53(32-40(4)5)101-62(112)42(7)95-73(123)57-38-126-125-37-47(79)64(114)98-49(20-14-28-90-76(83)84)65(115)93-36-58(108)96-56(35-59(109)110)72(122)104-54(71(121)105-57)33-44-17-11-10-12-18-44/h10-12,17-18,23-26,39-43,47-57,60,107H,9,13-16,19-22,27-38,79H2,1-8H3,(H2,80,111)(H,93,115)(H,94,118)(H,95,123)(H,96,108)(H,97,116)(H,98,114)(H,99,117)(H,100,124)(H,101,112)(H,102,120)(H,103,119)(H,104,122)(H,105,121)(H,106,113)(H,109,110)(H4,81,82,89)(H4,83,84,90)(H4,85,86,91)(H4,87,88,92)/t41-,42-,43-,47-,48-,49?,50-,51-,52-,53-,54?,55-,56-,57?,60-/m0/s1. The number of amides is 15. The predicted octanol–water partition coefficient (Wildman–Crippen LogP) is -6.49. The van der Waals surface area contributed by atoms with Gasteiger partial charge in [0.2, 0.25) is 88.6 Å². The third kappa shape index (κ3) is 42.3. The molecule has 0 radical (unpaired) electrons. The van der Waals surface area contributed by atoms with Crippen LogP contribution in [-0.4, -0.2) is 257 Å². The molecule has 46 nitrogen and oxygen atoms in total. The van der Waals surface area contributed by atoms with Crippen LogP contribution < -0.4 is 130 Å². The summed E-state index contributed by atoms with van der Waals surface area (Å²) in [5, 5.41) is 96.5. The van der Waals surface area contributed by atoms with Gasteiger partial charge in [-0.15, -0.1) is 0 Å². The van der Waals surface area contributed by atoms with E-state index in [0.717, 1.165) is 21.6 Å². The molecule has 1 saturated heterocycles. The molecule has 1 aliphatic heterocycles. The predicted molar refractivity (Wildman–Crippen MR) is 471 cm³/mol. The van der Waals surface area contributed by atoms with Crippen LogP contribution >= 0.6 is 21.6 Å². The fourth-order valence-corrected chi connectivity index (χ4v) is 14.7. The average Bonchev–Trinajstić information content (AvgIpc) is 0.852. The molecular formula is C78H128N28O18S2. The van der Waals surface area contributed by atoms with Gasteiger partial charge in [-0.05, 0) is 119 Å². The van der Waals surface area contributed by atoms with Gasteiger partial charge >= 0.3 is 5.97 Å². The van der Waals surface area contributed by atoms with Crippen molar-refractivity contribution in [2.24, 2.45) is 52.2 Å². The molecule has 36 N–H and O–H groups in total. The summed E-state index contributed by atoms with van der Waals surface area (Å²) < 4.78 is 0. The first-order valence-electron chi connectivity index (χ1n) is 41.2. The summed E-state index contributed by atoms with van der Waals surface area (Å²) in [6, 6.07) is -6.77. The molecule has 1 fully saturated rings. The van der Waals surface area contributed by atoms with E-state index in [1.807, 2.05) is 0 Å². The number of benzene rings is 2. The summed E-state index contributed by atoms with van der Waals surface area (Å²) in [4.78, 5) is 225. The molecule has 0 spiro atoms. The molecule has 700 valence electrons. The molecule has 0 aromatic heterocycles. The zero-order valence-electron chi connectivity index (χ0n) is 72.1. The van der Waals surface area contributed by atoms with E-state index in [1.54, 1.807) is 71.9 Å². The lowest BCUT2D eigenvalue weighted by molar-refractivity contribution is -0.141. The number of rotatable bonds is 47. The topological polar surface area (TPSA) is 782 Å². The van der Waals surface area contributed by atoms with Crippen LogP contribution in [0.2, 0.25) is 0 Å². The van der Waals surface area contributed by atoms with Crippen molar-refractivity contribution >= 4 is 140 Å². The van der Waals surface area contributed by atoms with Crippen LogP contribution in [0.25, 0.3) is 0 Å². The van der Waals surface area contributed by atoms with E-state index in [0.29, 0.717) is 11.1 Å². The van der Waals surface area contributed by atoms with Gasteiger partial charge in [-0.1, -0.05) is 112 Å². The molecule has 2 aromatic rings. The molecule has 2 aromatic carbocycles. The molecule has 15 atom stereocenters. The fourth-order valence-electron chi connectivity index (χ4n) is 12.4. The number of aromatic hydroxyl groups is 1. The van der Waals surface area contributed by atoms with E-state index < -0.39 is 204 Å². The van der Waals surface area contributed by atoms with Crippen molar-refractivity contribution in [1.29, 1.82) is 21.6 Å². The highest BCUT2D eigenvalue weighted by Gasteiger charge is 2.39. The lowest BCUT2D eigenvalue weighted by Gasteiger charge is -2.29. The molecule has 48 heteroatoms. The molecule has 0 bridgehead atoms. The van der Waals surface area contributed by atoms with Crippen molar-refractivity contribution in [2.45, 2.75) is 230 Å². The smallest absolute Gasteiger partial charge is 0.305 e. The maximum Gasteiger partial charge on any atom is 0.305 e. The monoisotopic (exact) mass is 1810 g/mol. The number of carbonyl (C=O) groups excluding carboxylic acids is 15. The summed E-state index contributed by atoms with van der Waals surface area (Å²) in [6.07, 6.45) is -1.06. The van der Waals surface area contributed by atoms with Gasteiger partial charge < -0.3 is 140 Å². The summed E-state index contributed by atoms with van der Waals surface area (Å²) in [7, 11) is 1.91. The van der Waals surface area contributed by atoms with Gasteiger partial charge in [-0.2, -0.15) is 0 Å². The minimum Gasteiger partial charge on any atom is -0.508 e. The number of carboxylic acids is 1. The Hall–Kier alpha value is -12.5. The number of hydrogen-bond acceptors (Lipinski definition) is 24. The van der Waals surface area contributed by atoms with Crippen molar-refractivity contribution in [2.75, 3.05) is 44.2 Å². The van der Waals surface area contributed by atoms with Gasteiger partial charge in [0, 0.05) is 50.5 Å². The molecule has 1 heterocycles. The Kier molecular flexibility index (Phi) is 48.2. The number of carboxylic acid groups (broad SMARTS) is 1. The third-order valence-electron chi connectivity index (χ3n) is 19.4. The second kappa shape index (κ2) is 56.4. The van der Waals surface area contributed by atoms with Crippen LogP contribution in [0.1, 0.15) is 144 Å². The number of guanidine groups is 4. The highest BCUT2D eigenvalue weighted by atomic mass is 33.1. The van der Waals surface area contributed by atoms with Crippen LogP contribution in [0.15, 0.2) is 54.6 Å². The number of nitrogens with two attached hydrogens (primary N) is 6. The summed E-state index contributed by atoms with van der Waals surface area (Å²) >= 11 is 0. The van der Waals surface area contributed by atoms with Gasteiger partial charge in [0.1, 0.15) is 84.3 Å². The molecule has 1 aliphatic rings. The van der Waals surface area contributed by atoms with Crippen molar-refractivity contribution < 1.29 is 86.9 Å². The zero-order valence-corrected chi connectivity index (χ0v) is 73.7. The highest BCUT2D eigenvalue weighted by Crippen LogP contribution is 2.24.